The Kier molecular flexibility index (Phi) is 6.74. The van der Waals surface area contributed by atoms with Crippen LogP contribution < -0.4 is 10.1 Å². The Morgan fingerprint density at radius 2 is 2.00 bits per heavy atom. The van der Waals surface area contributed by atoms with Crippen molar-refractivity contribution >= 4 is 28.3 Å². The van der Waals surface area contributed by atoms with Crippen LogP contribution in [0.4, 0.5) is 5.13 Å². The summed E-state index contributed by atoms with van der Waals surface area (Å²) in [4.78, 5) is 28.1. The van der Waals surface area contributed by atoms with Gasteiger partial charge in [0.1, 0.15) is 5.75 Å². The second-order valence-corrected chi connectivity index (χ2v) is 6.04. The first-order chi connectivity index (χ1) is 11.6. The monoisotopic (exact) mass is 348 g/mol. The number of aryl methyl sites for hydroxylation is 1. The van der Waals surface area contributed by atoms with Gasteiger partial charge in [-0.15, -0.1) is 11.3 Å². The summed E-state index contributed by atoms with van der Waals surface area (Å²) in [5.41, 5.74) is 0.269. The second-order valence-electron chi connectivity index (χ2n) is 4.96. The highest BCUT2D eigenvalue weighted by Crippen LogP contribution is 2.25. The fourth-order valence-corrected chi connectivity index (χ4v) is 3.06. The third kappa shape index (κ3) is 5.34. The van der Waals surface area contributed by atoms with Gasteiger partial charge in [-0.25, -0.2) is 9.78 Å². The Morgan fingerprint density at radius 3 is 2.67 bits per heavy atom. The molecular formula is C17H20N2O4S. The van der Waals surface area contributed by atoms with E-state index in [4.69, 9.17) is 9.47 Å². The highest BCUT2D eigenvalue weighted by atomic mass is 32.1. The van der Waals surface area contributed by atoms with E-state index in [2.05, 4.69) is 10.3 Å². The third-order valence-corrected chi connectivity index (χ3v) is 4.04. The number of amides is 1. The molecule has 1 heterocycles. The van der Waals surface area contributed by atoms with Gasteiger partial charge in [0.05, 0.1) is 13.2 Å². The number of thiazole rings is 1. The SMILES string of the molecule is CCOC(=O)c1nc(NC(C)=O)sc1CCCOc1ccccc1. The van der Waals surface area contributed by atoms with Gasteiger partial charge in [0, 0.05) is 11.8 Å². The number of hydrogen-bond acceptors (Lipinski definition) is 6. The fraction of sp³-hybridized carbons (Fsp3) is 0.353. The number of aromatic nitrogens is 1. The van der Waals surface area contributed by atoms with Crippen LogP contribution in [0.2, 0.25) is 0 Å². The lowest BCUT2D eigenvalue weighted by molar-refractivity contribution is -0.114. The van der Waals surface area contributed by atoms with E-state index in [1.165, 1.54) is 18.3 Å². The van der Waals surface area contributed by atoms with Crippen molar-refractivity contribution in [3.05, 3.63) is 40.9 Å². The van der Waals surface area contributed by atoms with Crippen molar-refractivity contribution in [2.45, 2.75) is 26.7 Å². The van der Waals surface area contributed by atoms with E-state index in [1.807, 2.05) is 30.3 Å². The molecule has 0 saturated carbocycles. The van der Waals surface area contributed by atoms with Crippen molar-refractivity contribution in [2.24, 2.45) is 0 Å². The Balaban J connectivity index is 1.97. The highest BCUT2D eigenvalue weighted by molar-refractivity contribution is 7.16. The summed E-state index contributed by atoms with van der Waals surface area (Å²) in [6.07, 6.45) is 1.35. The van der Waals surface area contributed by atoms with Crippen LogP contribution in [0.15, 0.2) is 30.3 Å². The van der Waals surface area contributed by atoms with Crippen molar-refractivity contribution in [2.75, 3.05) is 18.5 Å². The minimum Gasteiger partial charge on any atom is -0.494 e. The summed E-state index contributed by atoms with van der Waals surface area (Å²) in [5, 5.41) is 3.02. The van der Waals surface area contributed by atoms with E-state index >= 15 is 0 Å². The Hall–Kier alpha value is -2.41. The average Bonchev–Trinajstić information content (AvgIpc) is 2.95. The molecule has 24 heavy (non-hydrogen) atoms. The molecule has 0 saturated heterocycles. The molecule has 0 radical (unpaired) electrons. The molecule has 0 aliphatic rings. The first-order valence-electron chi connectivity index (χ1n) is 7.72. The molecule has 1 aromatic heterocycles. The molecule has 1 aromatic carbocycles. The summed E-state index contributed by atoms with van der Waals surface area (Å²) in [6, 6.07) is 9.55. The average molecular weight is 348 g/mol. The van der Waals surface area contributed by atoms with E-state index in [0.717, 1.165) is 17.0 Å². The topological polar surface area (TPSA) is 77.5 Å². The number of esters is 1. The number of para-hydroxylation sites is 1. The van der Waals surface area contributed by atoms with Crippen molar-refractivity contribution in [3.8, 4) is 5.75 Å². The van der Waals surface area contributed by atoms with Crippen LogP contribution in [-0.4, -0.2) is 30.1 Å². The van der Waals surface area contributed by atoms with Crippen molar-refractivity contribution < 1.29 is 19.1 Å². The smallest absolute Gasteiger partial charge is 0.358 e. The van der Waals surface area contributed by atoms with Crippen molar-refractivity contribution in [3.63, 3.8) is 0 Å². The maximum atomic E-state index is 12.0. The van der Waals surface area contributed by atoms with E-state index in [0.29, 0.717) is 18.2 Å². The molecular weight excluding hydrogens is 328 g/mol. The van der Waals surface area contributed by atoms with Crippen LogP contribution in [0.5, 0.6) is 5.75 Å². The van der Waals surface area contributed by atoms with Gasteiger partial charge in [0.15, 0.2) is 10.8 Å². The lowest BCUT2D eigenvalue weighted by atomic mass is 10.2. The zero-order valence-electron chi connectivity index (χ0n) is 13.7. The molecule has 0 fully saturated rings. The van der Waals surface area contributed by atoms with Crippen LogP contribution >= 0.6 is 11.3 Å². The quantitative estimate of drug-likeness (QED) is 0.585. The summed E-state index contributed by atoms with van der Waals surface area (Å²) in [7, 11) is 0. The third-order valence-electron chi connectivity index (χ3n) is 3.01. The number of benzene rings is 1. The normalized spacial score (nSPS) is 10.2. The molecule has 0 aliphatic carbocycles. The van der Waals surface area contributed by atoms with Gasteiger partial charge in [-0.2, -0.15) is 0 Å². The van der Waals surface area contributed by atoms with Gasteiger partial charge in [0.25, 0.3) is 0 Å². The largest absolute Gasteiger partial charge is 0.494 e. The number of rotatable bonds is 8. The summed E-state index contributed by atoms with van der Waals surface area (Å²) in [5.74, 6) is 0.119. The van der Waals surface area contributed by atoms with E-state index < -0.39 is 5.97 Å². The van der Waals surface area contributed by atoms with Crippen LogP contribution in [0.3, 0.4) is 0 Å². The van der Waals surface area contributed by atoms with Gasteiger partial charge in [-0.05, 0) is 31.9 Å². The van der Waals surface area contributed by atoms with Crippen LogP contribution in [0.1, 0.15) is 35.6 Å². The molecule has 2 aromatic rings. The minimum absolute atomic E-state index is 0.224. The number of nitrogens with zero attached hydrogens (tertiary/aromatic N) is 1. The molecule has 0 unspecified atom stereocenters. The molecule has 128 valence electrons. The van der Waals surface area contributed by atoms with Gasteiger partial charge in [-0.3, -0.25) is 4.79 Å². The van der Waals surface area contributed by atoms with Crippen LogP contribution in [0.25, 0.3) is 0 Å². The lowest BCUT2D eigenvalue weighted by Crippen LogP contribution is -2.09. The standard InChI is InChI=1S/C17H20N2O4S/c1-3-22-16(21)15-14(24-17(19-15)18-12(2)20)10-7-11-23-13-8-5-4-6-9-13/h4-6,8-9H,3,7,10-11H2,1-2H3,(H,18,19,20). The summed E-state index contributed by atoms with van der Waals surface area (Å²) < 4.78 is 10.7. The van der Waals surface area contributed by atoms with E-state index in [1.54, 1.807) is 6.92 Å². The number of carbonyl (C=O) groups is 2. The predicted octanol–water partition coefficient (Wildman–Crippen LogP) is 3.29. The Bertz CT molecular complexity index is 685. The van der Waals surface area contributed by atoms with Crippen LogP contribution in [-0.2, 0) is 16.0 Å². The van der Waals surface area contributed by atoms with Crippen molar-refractivity contribution in [1.29, 1.82) is 0 Å². The molecule has 6 nitrogen and oxygen atoms in total. The molecule has 0 spiro atoms. The van der Waals surface area contributed by atoms with Gasteiger partial charge in [-0.1, -0.05) is 18.2 Å². The molecule has 0 atom stereocenters. The second kappa shape index (κ2) is 9.02. The number of nitrogens with one attached hydrogen (secondary N) is 1. The number of anilines is 1. The number of ether oxygens (including phenoxy) is 2. The number of carbonyl (C=O) groups excluding carboxylic acids is 2. The van der Waals surface area contributed by atoms with Gasteiger partial charge in [0.2, 0.25) is 5.91 Å². The zero-order valence-corrected chi connectivity index (χ0v) is 14.5. The first-order valence-corrected chi connectivity index (χ1v) is 8.54. The summed E-state index contributed by atoms with van der Waals surface area (Å²) >= 11 is 1.29. The molecule has 1 amide bonds. The minimum atomic E-state index is -0.468. The lowest BCUT2D eigenvalue weighted by Gasteiger charge is -2.05. The Morgan fingerprint density at radius 1 is 1.25 bits per heavy atom. The fourth-order valence-electron chi connectivity index (χ4n) is 2.02. The molecule has 0 bridgehead atoms. The molecule has 2 rings (SSSR count). The van der Waals surface area contributed by atoms with E-state index in [9.17, 15) is 9.59 Å². The van der Waals surface area contributed by atoms with Crippen molar-refractivity contribution in [1.82, 2.24) is 4.98 Å². The van der Waals surface area contributed by atoms with Crippen LogP contribution in [0, 0.1) is 0 Å². The first kappa shape index (κ1) is 17.9. The molecule has 1 N–H and O–H groups in total. The summed E-state index contributed by atoms with van der Waals surface area (Å²) in [6.45, 7) is 3.95. The zero-order chi connectivity index (χ0) is 17.4. The highest BCUT2D eigenvalue weighted by Gasteiger charge is 2.19. The number of hydrogen-bond donors (Lipinski definition) is 1. The Labute approximate surface area is 144 Å². The van der Waals surface area contributed by atoms with Gasteiger partial charge < -0.3 is 14.8 Å². The maximum absolute atomic E-state index is 12.0. The van der Waals surface area contributed by atoms with Gasteiger partial charge >= 0.3 is 5.97 Å². The molecule has 0 aliphatic heterocycles. The predicted molar refractivity (Wildman–Crippen MR) is 92.6 cm³/mol. The molecule has 7 heteroatoms. The van der Waals surface area contributed by atoms with E-state index in [-0.39, 0.29) is 18.2 Å². The maximum Gasteiger partial charge on any atom is 0.358 e.